The first kappa shape index (κ1) is 34.0. The average Bonchev–Trinajstić information content (AvgIpc) is 2.97. The van der Waals surface area contributed by atoms with Crippen LogP contribution >= 0.6 is 33.2 Å². The van der Waals surface area contributed by atoms with E-state index in [4.69, 9.17) is 42.7 Å². The van der Waals surface area contributed by atoms with Crippen molar-refractivity contribution in [3.05, 3.63) is 60.2 Å². The van der Waals surface area contributed by atoms with Crippen molar-refractivity contribution in [3.63, 3.8) is 0 Å². The van der Waals surface area contributed by atoms with Gasteiger partial charge in [-0.2, -0.15) is 0 Å². The van der Waals surface area contributed by atoms with Crippen LogP contribution in [0.1, 0.15) is 96.0 Å². The first-order chi connectivity index (χ1) is 19.8. The molecule has 2 aromatic carbocycles. The Kier molecular flexibility index (Phi) is 15.7. The molecule has 0 spiro atoms. The summed E-state index contributed by atoms with van der Waals surface area (Å²) in [4.78, 5) is 12.0. The summed E-state index contributed by atoms with van der Waals surface area (Å²) in [7, 11) is 0. The van der Waals surface area contributed by atoms with Gasteiger partial charge in [-0.15, -0.1) is 33.2 Å². The summed E-state index contributed by atoms with van der Waals surface area (Å²) < 4.78 is 11.4. The van der Waals surface area contributed by atoms with Gasteiger partial charge in [-0.1, -0.05) is 108 Å². The molecule has 1 aliphatic rings. The van der Waals surface area contributed by atoms with E-state index >= 15 is 0 Å². The third kappa shape index (κ3) is 14.5. The number of halogens is 3. The Bertz CT molecular complexity index is 1030. The van der Waals surface area contributed by atoms with Crippen LogP contribution in [0.25, 0.3) is 17.2 Å². The van der Waals surface area contributed by atoms with Crippen molar-refractivity contribution in [2.45, 2.75) is 96.4 Å². The molecule has 0 atom stereocenters. The molecule has 1 fully saturated rings. The smallest absolute Gasteiger partial charge is 0.341 e. The molecule has 2 aromatic rings. The van der Waals surface area contributed by atoms with Crippen molar-refractivity contribution in [1.82, 2.24) is 0 Å². The Labute approximate surface area is 263 Å². The molecule has 3 nitrogen and oxygen atoms in total. The van der Waals surface area contributed by atoms with E-state index in [1.807, 2.05) is 12.1 Å². The highest BCUT2D eigenvalue weighted by Gasteiger charge is 2.23. The normalized spacial score (nSPS) is 17.6. The van der Waals surface area contributed by atoms with Gasteiger partial charge in [-0.3, -0.25) is 0 Å². The van der Waals surface area contributed by atoms with Crippen LogP contribution in [0.2, 0.25) is 6.04 Å². The van der Waals surface area contributed by atoms with Gasteiger partial charge in [0.05, 0.1) is 13.2 Å². The Morgan fingerprint density at radius 2 is 1.41 bits per heavy atom. The monoisotopic (exact) mass is 636 g/mol. The molecule has 7 heteroatoms. The molecule has 0 unspecified atom stereocenters. The summed E-state index contributed by atoms with van der Waals surface area (Å²) in [5, 5.41) is 0. The van der Waals surface area contributed by atoms with E-state index in [0.717, 1.165) is 60.6 Å². The lowest BCUT2D eigenvalue weighted by Crippen LogP contribution is -2.20. The standard InChI is InChI=1S/C34H47Cl3O3Si/c1-2-3-4-7-10-28-11-13-30(14-12-28)27-40-33-22-20-32(21-23-33)31-18-15-29(16-19-31)17-24-34(38)39-25-8-5-6-9-26-41(35,36)37/h15-24,28,30H,2-14,25-27H2,1H3/b24-17+. The van der Waals surface area contributed by atoms with Gasteiger partial charge in [-0.25, -0.2) is 4.79 Å². The van der Waals surface area contributed by atoms with Crippen LogP contribution < -0.4 is 4.74 Å². The number of carbonyl (C=O) groups excluding carboxylic acids is 1. The maximum atomic E-state index is 12.0. The van der Waals surface area contributed by atoms with Crippen LogP contribution in [-0.2, 0) is 9.53 Å². The fourth-order valence-corrected chi connectivity index (χ4v) is 7.31. The average molecular weight is 638 g/mol. The lowest BCUT2D eigenvalue weighted by atomic mass is 9.80. The Balaban J connectivity index is 1.32. The van der Waals surface area contributed by atoms with Gasteiger partial charge < -0.3 is 9.47 Å². The van der Waals surface area contributed by atoms with Gasteiger partial charge in [0.2, 0.25) is 0 Å². The number of hydrogen-bond donors (Lipinski definition) is 0. The zero-order chi connectivity index (χ0) is 29.3. The van der Waals surface area contributed by atoms with Gasteiger partial charge in [-0.05, 0) is 72.0 Å². The SMILES string of the molecule is CCCCCCC1CCC(COc2ccc(-c3ccc(/C=C/C(=O)OCCCCCC[Si](Cl)(Cl)Cl)cc3)cc2)CC1. The van der Waals surface area contributed by atoms with Crippen LogP contribution in [0.3, 0.4) is 0 Å². The number of esters is 1. The van der Waals surface area contributed by atoms with Crippen molar-refractivity contribution < 1.29 is 14.3 Å². The van der Waals surface area contributed by atoms with Crippen molar-refractivity contribution >= 4 is 51.3 Å². The van der Waals surface area contributed by atoms with Gasteiger partial charge in [0.15, 0.2) is 0 Å². The maximum absolute atomic E-state index is 12.0. The number of rotatable bonds is 18. The number of ether oxygens (including phenoxy) is 2. The molecule has 41 heavy (non-hydrogen) atoms. The molecule has 0 aromatic heterocycles. The number of unbranched alkanes of at least 4 members (excludes halogenated alkanes) is 6. The Hall–Kier alpha value is -1.46. The molecule has 226 valence electrons. The zero-order valence-electron chi connectivity index (χ0n) is 24.6. The van der Waals surface area contributed by atoms with Crippen LogP contribution in [0, 0.1) is 11.8 Å². The predicted molar refractivity (Wildman–Crippen MR) is 178 cm³/mol. The molecule has 0 amide bonds. The molecule has 1 aliphatic carbocycles. The highest BCUT2D eigenvalue weighted by molar-refractivity contribution is 7.64. The Morgan fingerprint density at radius 1 is 0.805 bits per heavy atom. The summed E-state index contributed by atoms with van der Waals surface area (Å²) >= 11 is 17.7. The van der Waals surface area contributed by atoms with Crippen LogP contribution in [0.15, 0.2) is 54.6 Å². The third-order valence-electron chi connectivity index (χ3n) is 8.03. The number of hydrogen-bond acceptors (Lipinski definition) is 3. The second-order valence-corrected chi connectivity index (χ2v) is 20.8. The highest BCUT2D eigenvalue weighted by Crippen LogP contribution is 2.33. The minimum atomic E-state index is -2.51. The molecule has 0 radical (unpaired) electrons. The molecular formula is C34H47Cl3O3Si. The lowest BCUT2D eigenvalue weighted by molar-refractivity contribution is -0.137. The topological polar surface area (TPSA) is 35.5 Å². The molecule has 0 saturated heterocycles. The second kappa shape index (κ2) is 18.9. The van der Waals surface area contributed by atoms with E-state index in [1.54, 1.807) is 6.08 Å². The molecular weight excluding hydrogens is 591 g/mol. The van der Waals surface area contributed by atoms with Crippen molar-refractivity contribution in [2.75, 3.05) is 13.2 Å². The minimum absolute atomic E-state index is 0.325. The fourth-order valence-electron chi connectivity index (χ4n) is 5.46. The van der Waals surface area contributed by atoms with E-state index in [2.05, 4.69) is 43.3 Å². The van der Waals surface area contributed by atoms with E-state index in [9.17, 15) is 4.79 Å². The van der Waals surface area contributed by atoms with Gasteiger partial charge >= 0.3 is 12.0 Å². The van der Waals surface area contributed by atoms with E-state index in [-0.39, 0.29) is 5.97 Å². The van der Waals surface area contributed by atoms with E-state index in [0.29, 0.717) is 18.6 Å². The van der Waals surface area contributed by atoms with Gasteiger partial charge in [0.25, 0.3) is 0 Å². The number of carbonyl (C=O) groups is 1. The summed E-state index contributed by atoms with van der Waals surface area (Å²) in [6.45, 7) is 3.52. The van der Waals surface area contributed by atoms with Crippen molar-refractivity contribution in [1.29, 1.82) is 0 Å². The number of benzene rings is 2. The molecule has 1 saturated carbocycles. The summed E-state index contributed by atoms with van der Waals surface area (Å²) in [6.07, 6.45) is 19.2. The van der Waals surface area contributed by atoms with Crippen LogP contribution in [0.4, 0.5) is 0 Å². The first-order valence-electron chi connectivity index (χ1n) is 15.6. The predicted octanol–water partition coefficient (Wildman–Crippen LogP) is 11.3. The van der Waals surface area contributed by atoms with E-state index in [1.165, 1.54) is 63.9 Å². The van der Waals surface area contributed by atoms with Crippen molar-refractivity contribution in [3.8, 4) is 16.9 Å². The fraction of sp³-hybridized carbons (Fsp3) is 0.559. The second-order valence-electron chi connectivity index (χ2n) is 11.5. The van der Waals surface area contributed by atoms with Gasteiger partial charge in [0.1, 0.15) is 5.75 Å². The third-order valence-corrected chi connectivity index (χ3v) is 10.6. The largest absolute Gasteiger partial charge is 0.493 e. The quantitative estimate of drug-likeness (QED) is 0.0536. The summed E-state index contributed by atoms with van der Waals surface area (Å²) in [5.74, 6) is 2.24. The minimum Gasteiger partial charge on any atom is -0.493 e. The Morgan fingerprint density at radius 3 is 2.07 bits per heavy atom. The highest BCUT2D eigenvalue weighted by atomic mass is 35.8. The summed E-state index contributed by atoms with van der Waals surface area (Å²) in [6, 6.07) is 14.7. The molecule has 0 heterocycles. The molecule has 0 N–H and O–H groups in total. The molecule has 3 rings (SSSR count). The molecule has 0 bridgehead atoms. The van der Waals surface area contributed by atoms with E-state index < -0.39 is 6.00 Å². The van der Waals surface area contributed by atoms with Crippen molar-refractivity contribution in [2.24, 2.45) is 11.8 Å². The lowest BCUT2D eigenvalue weighted by Gasteiger charge is -2.28. The van der Waals surface area contributed by atoms with Crippen LogP contribution in [-0.4, -0.2) is 25.2 Å². The summed E-state index contributed by atoms with van der Waals surface area (Å²) in [5.41, 5.74) is 3.23. The first-order valence-corrected chi connectivity index (χ1v) is 20.8. The molecule has 0 aliphatic heterocycles. The van der Waals surface area contributed by atoms with Gasteiger partial charge in [0, 0.05) is 6.08 Å². The van der Waals surface area contributed by atoms with Crippen LogP contribution in [0.5, 0.6) is 5.75 Å². The zero-order valence-corrected chi connectivity index (χ0v) is 27.9. The maximum Gasteiger partial charge on any atom is 0.341 e.